The van der Waals surface area contributed by atoms with Crippen molar-refractivity contribution in [2.75, 3.05) is 4.90 Å². The highest BCUT2D eigenvalue weighted by atomic mass is 15.1. The maximum absolute atomic E-state index is 2.54. The molecule has 2 aliphatic rings. The van der Waals surface area contributed by atoms with Gasteiger partial charge in [0.1, 0.15) is 0 Å². The molecule has 1 nitrogen and oxygen atoms in total. The molecule has 0 fully saturated rings. The molecular weight excluding hydrogens is 711 g/mol. The van der Waals surface area contributed by atoms with Crippen LogP contribution in [-0.4, -0.2) is 0 Å². The molecule has 0 saturated carbocycles. The Morgan fingerprint density at radius 3 is 1.51 bits per heavy atom. The van der Waals surface area contributed by atoms with E-state index < -0.39 is 0 Å². The van der Waals surface area contributed by atoms with Gasteiger partial charge in [0.2, 0.25) is 0 Å². The lowest BCUT2D eigenvalue weighted by molar-refractivity contribution is 0.660. The lowest BCUT2D eigenvalue weighted by atomic mass is 9.82. The van der Waals surface area contributed by atoms with Crippen molar-refractivity contribution in [3.05, 3.63) is 222 Å². The van der Waals surface area contributed by atoms with Crippen molar-refractivity contribution in [2.45, 2.75) is 38.5 Å². The van der Waals surface area contributed by atoms with Gasteiger partial charge in [-0.25, -0.2) is 0 Å². The quantitative estimate of drug-likeness (QED) is 0.163. The second-order valence-electron chi connectivity index (χ2n) is 17.2. The second kappa shape index (κ2) is 13.3. The fourth-order valence-corrected chi connectivity index (χ4v) is 10.4. The van der Waals surface area contributed by atoms with Crippen LogP contribution < -0.4 is 4.90 Å². The monoisotopic (exact) mass is 755 g/mol. The van der Waals surface area contributed by atoms with Gasteiger partial charge in [-0.15, -0.1) is 0 Å². The third-order valence-corrected chi connectivity index (χ3v) is 13.3. The SMILES string of the molecule is CC1(C)c2ccccc2-c2ccc(N(c3ccccc3-c3cccc4c3-c3ccccc3C4(C)C)c3ccccc3-c3cccc4cccc(-c5ccccc5)c34)cc21. The Kier molecular flexibility index (Phi) is 7.94. The summed E-state index contributed by atoms with van der Waals surface area (Å²) in [4.78, 5) is 2.54. The van der Waals surface area contributed by atoms with E-state index in [1.807, 2.05) is 0 Å². The minimum absolute atomic E-state index is 0.103. The van der Waals surface area contributed by atoms with Gasteiger partial charge in [-0.3, -0.25) is 0 Å². The van der Waals surface area contributed by atoms with Crippen LogP contribution in [-0.2, 0) is 10.8 Å². The van der Waals surface area contributed by atoms with E-state index in [4.69, 9.17) is 0 Å². The highest BCUT2D eigenvalue weighted by molar-refractivity contribution is 6.09. The summed E-state index contributed by atoms with van der Waals surface area (Å²) in [5.74, 6) is 0. The topological polar surface area (TPSA) is 3.24 Å². The molecule has 0 saturated heterocycles. The predicted octanol–water partition coefficient (Wildman–Crippen LogP) is 15.9. The van der Waals surface area contributed by atoms with E-state index in [2.05, 4.69) is 233 Å². The maximum Gasteiger partial charge on any atom is 0.0540 e. The highest BCUT2D eigenvalue weighted by Crippen LogP contribution is 2.56. The van der Waals surface area contributed by atoms with Crippen molar-refractivity contribution in [1.82, 2.24) is 0 Å². The van der Waals surface area contributed by atoms with Crippen LogP contribution in [0.15, 0.2) is 200 Å². The smallest absolute Gasteiger partial charge is 0.0540 e. The summed E-state index contributed by atoms with van der Waals surface area (Å²) < 4.78 is 0. The van der Waals surface area contributed by atoms with Crippen LogP contribution in [0.2, 0.25) is 0 Å². The summed E-state index contributed by atoms with van der Waals surface area (Å²) >= 11 is 0. The average molecular weight is 756 g/mol. The second-order valence-corrected chi connectivity index (χ2v) is 17.2. The third-order valence-electron chi connectivity index (χ3n) is 13.3. The van der Waals surface area contributed by atoms with Crippen LogP contribution in [0, 0.1) is 0 Å². The van der Waals surface area contributed by atoms with Crippen molar-refractivity contribution in [2.24, 2.45) is 0 Å². The van der Waals surface area contributed by atoms with Crippen LogP contribution in [0.5, 0.6) is 0 Å². The Labute approximate surface area is 347 Å². The summed E-state index contributed by atoms with van der Waals surface area (Å²) in [7, 11) is 0. The van der Waals surface area contributed by atoms with Gasteiger partial charge in [-0.2, -0.15) is 0 Å². The molecule has 0 spiro atoms. The van der Waals surface area contributed by atoms with Crippen LogP contribution in [0.3, 0.4) is 0 Å². The number of nitrogens with zero attached hydrogens (tertiary/aromatic N) is 1. The summed E-state index contributed by atoms with van der Waals surface area (Å²) in [6.45, 7) is 9.49. The normalized spacial score (nSPS) is 14.0. The van der Waals surface area contributed by atoms with Crippen LogP contribution in [0.4, 0.5) is 17.1 Å². The van der Waals surface area contributed by atoms with E-state index in [1.165, 1.54) is 88.7 Å². The first-order valence-electron chi connectivity index (χ1n) is 20.9. The molecule has 9 aromatic carbocycles. The van der Waals surface area contributed by atoms with Gasteiger partial charge in [0.15, 0.2) is 0 Å². The molecule has 1 heteroatoms. The zero-order valence-electron chi connectivity index (χ0n) is 34.0. The van der Waals surface area contributed by atoms with Gasteiger partial charge in [-0.1, -0.05) is 204 Å². The first kappa shape index (κ1) is 35.2. The molecule has 282 valence electrons. The summed E-state index contributed by atoms with van der Waals surface area (Å²) in [6, 6.07) is 74.4. The molecule has 11 rings (SSSR count). The Hall–Kier alpha value is -6.96. The van der Waals surface area contributed by atoms with Crippen LogP contribution >= 0.6 is 0 Å². The molecule has 0 bridgehead atoms. The molecule has 2 aliphatic carbocycles. The maximum atomic E-state index is 2.54. The fraction of sp³-hybridized carbons (Fsp3) is 0.103. The molecule has 0 N–H and O–H groups in total. The first-order chi connectivity index (χ1) is 28.8. The fourth-order valence-electron chi connectivity index (χ4n) is 10.4. The van der Waals surface area contributed by atoms with Crippen LogP contribution in [0.25, 0.3) is 66.4 Å². The van der Waals surface area contributed by atoms with Gasteiger partial charge in [0.05, 0.1) is 11.4 Å². The number of fused-ring (bicyclic) bond motifs is 7. The minimum Gasteiger partial charge on any atom is -0.309 e. The minimum atomic E-state index is -0.150. The number of hydrogen-bond donors (Lipinski definition) is 0. The van der Waals surface area contributed by atoms with Gasteiger partial charge in [0, 0.05) is 27.6 Å². The van der Waals surface area contributed by atoms with Crippen molar-refractivity contribution < 1.29 is 0 Å². The summed E-state index contributed by atoms with van der Waals surface area (Å²) in [6.07, 6.45) is 0. The Morgan fingerprint density at radius 1 is 0.322 bits per heavy atom. The van der Waals surface area contributed by atoms with E-state index in [1.54, 1.807) is 0 Å². The zero-order valence-corrected chi connectivity index (χ0v) is 34.0. The van der Waals surface area contributed by atoms with E-state index in [0.29, 0.717) is 0 Å². The molecule has 0 heterocycles. The zero-order chi connectivity index (χ0) is 39.9. The van der Waals surface area contributed by atoms with Crippen molar-refractivity contribution in [1.29, 1.82) is 0 Å². The van der Waals surface area contributed by atoms with Crippen molar-refractivity contribution >= 4 is 27.8 Å². The molecule has 59 heavy (non-hydrogen) atoms. The average Bonchev–Trinajstić information content (AvgIpc) is 3.66. The molecule has 0 aliphatic heterocycles. The molecule has 0 atom stereocenters. The van der Waals surface area contributed by atoms with E-state index in [9.17, 15) is 0 Å². The number of anilines is 3. The molecule has 0 amide bonds. The van der Waals surface area contributed by atoms with E-state index in [-0.39, 0.29) is 10.8 Å². The lowest BCUT2D eigenvalue weighted by Crippen LogP contribution is -2.17. The highest BCUT2D eigenvalue weighted by Gasteiger charge is 2.38. The predicted molar refractivity (Wildman–Crippen MR) is 250 cm³/mol. The van der Waals surface area contributed by atoms with Crippen molar-refractivity contribution in [3.63, 3.8) is 0 Å². The Balaban J connectivity index is 1.20. The molecule has 0 radical (unpaired) electrons. The lowest BCUT2D eigenvalue weighted by Gasteiger charge is -2.32. The van der Waals surface area contributed by atoms with Crippen molar-refractivity contribution in [3.8, 4) is 55.6 Å². The summed E-state index contributed by atoms with van der Waals surface area (Å²) in [5.41, 5.74) is 21.3. The molecule has 0 unspecified atom stereocenters. The van der Waals surface area contributed by atoms with E-state index in [0.717, 1.165) is 17.1 Å². The third kappa shape index (κ3) is 5.31. The number of para-hydroxylation sites is 2. The Morgan fingerprint density at radius 2 is 0.797 bits per heavy atom. The first-order valence-corrected chi connectivity index (χ1v) is 20.9. The Bertz CT molecular complexity index is 3110. The van der Waals surface area contributed by atoms with Gasteiger partial charge >= 0.3 is 0 Å². The summed E-state index contributed by atoms with van der Waals surface area (Å²) in [5, 5.41) is 2.48. The van der Waals surface area contributed by atoms with Gasteiger partial charge in [0.25, 0.3) is 0 Å². The van der Waals surface area contributed by atoms with Crippen LogP contribution in [0.1, 0.15) is 49.9 Å². The largest absolute Gasteiger partial charge is 0.309 e. The number of rotatable bonds is 6. The van der Waals surface area contributed by atoms with Gasteiger partial charge < -0.3 is 4.90 Å². The van der Waals surface area contributed by atoms with E-state index >= 15 is 0 Å². The number of benzene rings is 9. The van der Waals surface area contributed by atoms with Gasteiger partial charge in [-0.05, 0) is 102 Å². The molecule has 9 aromatic rings. The standard InChI is InChI=1S/C58H45N/c1-57(2)50-31-13-9-26-48(50)56-47(29-18-32-51(56)57)45-25-11-15-34-54(45)59(40-35-36-43-42-23-8-12-30-49(42)58(3,4)52(43)37-40)53-33-14-10-24-44(53)46-28-17-22-39-21-16-27-41(55(39)46)38-19-6-5-7-20-38/h5-37H,1-4H3. The molecule has 0 aromatic heterocycles. The molecular formula is C58H45N. The number of hydrogen-bond acceptors (Lipinski definition) is 1.